The van der Waals surface area contributed by atoms with Crippen molar-refractivity contribution in [3.8, 4) is 0 Å². The second kappa shape index (κ2) is 6.48. The lowest BCUT2D eigenvalue weighted by molar-refractivity contribution is 0.628. The van der Waals surface area contributed by atoms with Gasteiger partial charge in [-0.2, -0.15) is 10.1 Å². The van der Waals surface area contributed by atoms with Crippen LogP contribution in [0.15, 0.2) is 59.2 Å². The highest BCUT2D eigenvalue weighted by Gasteiger charge is 2.04. The predicted molar refractivity (Wildman–Crippen MR) is 86.9 cm³/mol. The Morgan fingerprint density at radius 3 is 2.68 bits per heavy atom. The molecule has 2 aromatic carbocycles. The SMILES string of the molecule is Fc1cccc(Nc2nncc(Nc3ccccc3Br)n2)c1. The number of hydrogen-bond acceptors (Lipinski definition) is 5. The summed E-state index contributed by atoms with van der Waals surface area (Å²) in [6.07, 6.45) is 1.51. The van der Waals surface area contributed by atoms with Crippen molar-refractivity contribution in [1.29, 1.82) is 0 Å². The Bertz CT molecular complexity index is 796. The van der Waals surface area contributed by atoms with Gasteiger partial charge >= 0.3 is 0 Å². The number of nitrogens with one attached hydrogen (secondary N) is 2. The molecule has 110 valence electrons. The van der Waals surface area contributed by atoms with Gasteiger partial charge in [-0.15, -0.1) is 5.10 Å². The van der Waals surface area contributed by atoms with Crippen molar-refractivity contribution in [2.75, 3.05) is 10.6 Å². The summed E-state index contributed by atoms with van der Waals surface area (Å²) < 4.78 is 14.1. The molecule has 22 heavy (non-hydrogen) atoms. The number of benzene rings is 2. The van der Waals surface area contributed by atoms with Crippen LogP contribution in [0.3, 0.4) is 0 Å². The van der Waals surface area contributed by atoms with E-state index in [4.69, 9.17) is 0 Å². The molecule has 3 aromatic rings. The number of rotatable bonds is 4. The van der Waals surface area contributed by atoms with Gasteiger partial charge in [0.15, 0.2) is 5.82 Å². The van der Waals surface area contributed by atoms with E-state index in [1.54, 1.807) is 12.1 Å². The van der Waals surface area contributed by atoms with Gasteiger partial charge in [0.05, 0.1) is 11.9 Å². The molecule has 0 spiro atoms. The fourth-order valence-electron chi connectivity index (χ4n) is 1.81. The number of nitrogens with zero attached hydrogens (tertiary/aromatic N) is 3. The van der Waals surface area contributed by atoms with Crippen LogP contribution in [0, 0.1) is 5.82 Å². The number of para-hydroxylation sites is 1. The Kier molecular flexibility index (Phi) is 4.24. The molecule has 0 aliphatic carbocycles. The van der Waals surface area contributed by atoms with Gasteiger partial charge in [-0.3, -0.25) is 0 Å². The lowest BCUT2D eigenvalue weighted by Gasteiger charge is -2.09. The molecule has 0 atom stereocenters. The molecule has 0 radical (unpaired) electrons. The van der Waals surface area contributed by atoms with Crippen molar-refractivity contribution in [2.24, 2.45) is 0 Å². The molecular weight excluding hydrogens is 349 g/mol. The van der Waals surface area contributed by atoms with Crippen LogP contribution < -0.4 is 10.6 Å². The van der Waals surface area contributed by atoms with Crippen LogP contribution >= 0.6 is 15.9 Å². The van der Waals surface area contributed by atoms with Gasteiger partial charge in [-0.25, -0.2) is 4.39 Å². The van der Waals surface area contributed by atoms with Gasteiger partial charge in [-0.1, -0.05) is 18.2 Å². The maximum Gasteiger partial charge on any atom is 0.249 e. The van der Waals surface area contributed by atoms with Gasteiger partial charge in [0, 0.05) is 10.2 Å². The van der Waals surface area contributed by atoms with E-state index in [2.05, 4.69) is 41.7 Å². The van der Waals surface area contributed by atoms with Crippen molar-refractivity contribution in [1.82, 2.24) is 15.2 Å². The summed E-state index contributed by atoms with van der Waals surface area (Å²) in [5, 5.41) is 13.8. The molecule has 0 aliphatic rings. The van der Waals surface area contributed by atoms with Gasteiger partial charge in [0.1, 0.15) is 5.82 Å². The van der Waals surface area contributed by atoms with Crippen LogP contribution in [0.2, 0.25) is 0 Å². The smallest absolute Gasteiger partial charge is 0.249 e. The van der Waals surface area contributed by atoms with Crippen LogP contribution in [0.25, 0.3) is 0 Å². The largest absolute Gasteiger partial charge is 0.338 e. The van der Waals surface area contributed by atoms with Crippen molar-refractivity contribution >= 4 is 39.1 Å². The number of anilines is 4. The fourth-order valence-corrected chi connectivity index (χ4v) is 2.20. The average molecular weight is 360 g/mol. The monoisotopic (exact) mass is 359 g/mol. The number of hydrogen-bond donors (Lipinski definition) is 2. The third-order valence-electron chi connectivity index (χ3n) is 2.78. The molecule has 0 saturated heterocycles. The van der Waals surface area contributed by atoms with Crippen LogP contribution in [-0.2, 0) is 0 Å². The van der Waals surface area contributed by atoms with Gasteiger partial charge < -0.3 is 10.6 Å². The molecule has 3 rings (SSSR count). The molecule has 0 saturated carbocycles. The minimum Gasteiger partial charge on any atom is -0.338 e. The normalized spacial score (nSPS) is 10.3. The van der Waals surface area contributed by atoms with E-state index in [1.165, 1.54) is 18.3 Å². The highest BCUT2D eigenvalue weighted by molar-refractivity contribution is 9.10. The first kappa shape index (κ1) is 14.4. The van der Waals surface area contributed by atoms with Crippen LogP contribution in [0.5, 0.6) is 0 Å². The topological polar surface area (TPSA) is 62.7 Å². The molecule has 1 heterocycles. The summed E-state index contributed by atoms with van der Waals surface area (Å²) in [6, 6.07) is 13.7. The lowest BCUT2D eigenvalue weighted by Crippen LogP contribution is -2.02. The van der Waals surface area contributed by atoms with E-state index < -0.39 is 0 Å². The molecule has 0 amide bonds. The number of aromatic nitrogens is 3. The summed E-state index contributed by atoms with van der Waals surface area (Å²) in [5.74, 6) is 0.476. The lowest BCUT2D eigenvalue weighted by atomic mass is 10.3. The van der Waals surface area contributed by atoms with E-state index in [9.17, 15) is 4.39 Å². The van der Waals surface area contributed by atoms with Crippen LogP contribution in [-0.4, -0.2) is 15.2 Å². The molecule has 5 nitrogen and oxygen atoms in total. The molecule has 1 aromatic heterocycles. The van der Waals surface area contributed by atoms with Gasteiger partial charge in [-0.05, 0) is 46.3 Å². The average Bonchev–Trinajstić information content (AvgIpc) is 2.50. The molecular formula is C15H11BrFN5. The molecule has 0 fully saturated rings. The predicted octanol–water partition coefficient (Wildman–Crippen LogP) is 4.26. The molecule has 0 aliphatic heterocycles. The maximum absolute atomic E-state index is 13.2. The quantitative estimate of drug-likeness (QED) is 0.728. The first-order chi connectivity index (χ1) is 10.7. The fraction of sp³-hybridized carbons (Fsp3) is 0. The summed E-state index contributed by atoms with van der Waals surface area (Å²) >= 11 is 3.45. The van der Waals surface area contributed by atoms with E-state index >= 15 is 0 Å². The van der Waals surface area contributed by atoms with Crippen molar-refractivity contribution in [2.45, 2.75) is 0 Å². The zero-order chi connectivity index (χ0) is 15.4. The third kappa shape index (κ3) is 3.56. The second-order valence-corrected chi connectivity index (χ2v) is 5.26. The van der Waals surface area contributed by atoms with E-state index in [0.29, 0.717) is 11.5 Å². The van der Waals surface area contributed by atoms with Crippen LogP contribution in [0.4, 0.5) is 27.5 Å². The Morgan fingerprint density at radius 1 is 1.00 bits per heavy atom. The summed E-state index contributed by atoms with van der Waals surface area (Å²) in [5.41, 5.74) is 1.42. The van der Waals surface area contributed by atoms with Crippen molar-refractivity contribution in [3.63, 3.8) is 0 Å². The zero-order valence-corrected chi connectivity index (χ0v) is 12.9. The summed E-state index contributed by atoms with van der Waals surface area (Å²) in [7, 11) is 0. The molecule has 0 bridgehead atoms. The second-order valence-electron chi connectivity index (χ2n) is 4.41. The van der Waals surface area contributed by atoms with Gasteiger partial charge in [0.25, 0.3) is 0 Å². The Labute approximate surface area is 134 Å². The summed E-state index contributed by atoms with van der Waals surface area (Å²) in [4.78, 5) is 4.29. The highest BCUT2D eigenvalue weighted by atomic mass is 79.9. The third-order valence-corrected chi connectivity index (χ3v) is 3.47. The molecule has 7 heteroatoms. The van der Waals surface area contributed by atoms with Crippen molar-refractivity contribution in [3.05, 3.63) is 65.0 Å². The van der Waals surface area contributed by atoms with Gasteiger partial charge in [0.2, 0.25) is 5.95 Å². The molecule has 0 unspecified atom stereocenters. The minimum absolute atomic E-state index is 0.280. The Hall–Kier alpha value is -2.54. The highest BCUT2D eigenvalue weighted by Crippen LogP contribution is 2.24. The number of halogens is 2. The van der Waals surface area contributed by atoms with E-state index in [0.717, 1.165) is 10.2 Å². The van der Waals surface area contributed by atoms with Crippen molar-refractivity contribution < 1.29 is 4.39 Å². The molecule has 2 N–H and O–H groups in total. The maximum atomic E-state index is 13.2. The first-order valence-electron chi connectivity index (χ1n) is 6.44. The van der Waals surface area contributed by atoms with E-state index in [1.807, 2.05) is 24.3 Å². The first-order valence-corrected chi connectivity index (χ1v) is 7.24. The van der Waals surface area contributed by atoms with E-state index in [-0.39, 0.29) is 11.8 Å². The zero-order valence-electron chi connectivity index (χ0n) is 11.3. The van der Waals surface area contributed by atoms with Crippen LogP contribution in [0.1, 0.15) is 0 Å². The standard InChI is InChI=1S/C15H11BrFN5/c16-12-6-1-2-7-13(12)20-14-9-18-22-15(21-14)19-11-5-3-4-10(17)8-11/h1-9H,(H2,19,20,21,22). The Balaban J connectivity index is 1.79. The minimum atomic E-state index is -0.333. The Morgan fingerprint density at radius 2 is 1.86 bits per heavy atom. The summed E-state index contributed by atoms with van der Waals surface area (Å²) in [6.45, 7) is 0.